The molecule has 1 aliphatic rings. The van der Waals surface area contributed by atoms with Crippen LogP contribution in [0.25, 0.3) is 0 Å². The lowest BCUT2D eigenvalue weighted by Crippen LogP contribution is -2.43. The quantitative estimate of drug-likeness (QED) is 0.722. The molecule has 1 saturated heterocycles. The lowest BCUT2D eigenvalue weighted by atomic mass is 9.98. The first-order valence-corrected chi connectivity index (χ1v) is 11.4. The number of nitrogens with zero attached hydrogens (tertiary/aromatic N) is 1. The minimum absolute atomic E-state index is 0.119. The summed E-state index contributed by atoms with van der Waals surface area (Å²) in [6.45, 7) is 2.41. The van der Waals surface area contributed by atoms with E-state index in [0.717, 1.165) is 5.56 Å². The zero-order valence-corrected chi connectivity index (χ0v) is 18.7. The number of methoxy groups -OCH3 is 2. The van der Waals surface area contributed by atoms with Gasteiger partial charge in [-0.25, -0.2) is 8.42 Å². The number of aryl methyl sites for hydroxylation is 1. The average Bonchev–Trinajstić information content (AvgIpc) is 2.74. The average molecular weight is 453 g/mol. The Labute approximate surface area is 182 Å². The monoisotopic (exact) mass is 452 g/mol. The Hall–Kier alpha value is -2.29. The number of amides is 1. The number of sulfonamides is 1. The zero-order valence-electron chi connectivity index (χ0n) is 17.1. The van der Waals surface area contributed by atoms with Gasteiger partial charge in [0.2, 0.25) is 15.9 Å². The largest absolute Gasteiger partial charge is 0.495 e. The fourth-order valence-corrected chi connectivity index (χ4v) is 5.19. The van der Waals surface area contributed by atoms with Crippen LogP contribution in [-0.2, 0) is 14.8 Å². The third-order valence-corrected chi connectivity index (χ3v) is 7.32. The van der Waals surface area contributed by atoms with Gasteiger partial charge in [-0.3, -0.25) is 4.79 Å². The standard InChI is InChI=1S/C21H25ClN2O5S/c1-14-6-8-16(9-7-14)30(26,27)24-10-4-5-15(13-24)21(25)23-18-11-17(22)19(28-2)12-20(18)29-3/h6-9,11-12,15H,4-5,10,13H2,1-3H3,(H,23,25). The van der Waals surface area contributed by atoms with Crippen LogP contribution in [0.15, 0.2) is 41.3 Å². The van der Waals surface area contributed by atoms with Crippen LogP contribution in [-0.4, -0.2) is 45.9 Å². The van der Waals surface area contributed by atoms with E-state index in [1.54, 1.807) is 36.4 Å². The smallest absolute Gasteiger partial charge is 0.243 e. The molecule has 9 heteroatoms. The first-order chi connectivity index (χ1) is 14.3. The SMILES string of the molecule is COc1cc(OC)c(NC(=O)C2CCCN(S(=O)(=O)c3ccc(C)cc3)C2)cc1Cl. The molecule has 30 heavy (non-hydrogen) atoms. The maximum absolute atomic E-state index is 13.0. The van der Waals surface area contributed by atoms with E-state index in [0.29, 0.717) is 41.6 Å². The van der Waals surface area contributed by atoms with Crippen LogP contribution in [0.5, 0.6) is 11.5 Å². The van der Waals surface area contributed by atoms with Crippen molar-refractivity contribution in [3.8, 4) is 11.5 Å². The Balaban J connectivity index is 1.76. The summed E-state index contributed by atoms with van der Waals surface area (Å²) >= 11 is 6.17. The van der Waals surface area contributed by atoms with E-state index in [-0.39, 0.29) is 17.3 Å². The highest BCUT2D eigenvalue weighted by Crippen LogP contribution is 2.36. The van der Waals surface area contributed by atoms with Crippen LogP contribution < -0.4 is 14.8 Å². The van der Waals surface area contributed by atoms with E-state index in [1.807, 2.05) is 6.92 Å². The minimum Gasteiger partial charge on any atom is -0.495 e. The summed E-state index contributed by atoms with van der Waals surface area (Å²) in [5.41, 5.74) is 1.39. The highest BCUT2D eigenvalue weighted by Gasteiger charge is 2.33. The molecule has 0 saturated carbocycles. The predicted molar refractivity (Wildman–Crippen MR) is 116 cm³/mol. The lowest BCUT2D eigenvalue weighted by Gasteiger charge is -2.31. The van der Waals surface area contributed by atoms with E-state index in [4.69, 9.17) is 21.1 Å². The molecule has 0 radical (unpaired) electrons. The van der Waals surface area contributed by atoms with Gasteiger partial charge >= 0.3 is 0 Å². The summed E-state index contributed by atoms with van der Waals surface area (Å²) in [5, 5.41) is 3.15. The van der Waals surface area contributed by atoms with Crippen molar-refractivity contribution in [1.29, 1.82) is 0 Å². The van der Waals surface area contributed by atoms with Crippen molar-refractivity contribution in [1.82, 2.24) is 4.31 Å². The van der Waals surface area contributed by atoms with Gasteiger partial charge in [-0.05, 0) is 38.0 Å². The lowest BCUT2D eigenvalue weighted by molar-refractivity contribution is -0.120. The van der Waals surface area contributed by atoms with Crippen LogP contribution in [0, 0.1) is 12.8 Å². The highest BCUT2D eigenvalue weighted by atomic mass is 35.5. The molecule has 1 amide bonds. The van der Waals surface area contributed by atoms with Gasteiger partial charge in [0.05, 0.1) is 35.7 Å². The number of rotatable bonds is 6. The van der Waals surface area contributed by atoms with E-state index >= 15 is 0 Å². The van der Waals surface area contributed by atoms with Crippen LogP contribution >= 0.6 is 11.6 Å². The van der Waals surface area contributed by atoms with Crippen molar-refractivity contribution in [2.45, 2.75) is 24.7 Å². The molecule has 162 valence electrons. The first-order valence-electron chi connectivity index (χ1n) is 9.55. The van der Waals surface area contributed by atoms with Gasteiger partial charge in [-0.1, -0.05) is 29.3 Å². The number of halogens is 1. The van der Waals surface area contributed by atoms with Gasteiger partial charge < -0.3 is 14.8 Å². The molecule has 1 atom stereocenters. The Morgan fingerprint density at radius 1 is 1.13 bits per heavy atom. The van der Waals surface area contributed by atoms with E-state index in [2.05, 4.69) is 5.32 Å². The van der Waals surface area contributed by atoms with E-state index in [1.165, 1.54) is 18.5 Å². The Morgan fingerprint density at radius 3 is 2.43 bits per heavy atom. The molecular weight excluding hydrogens is 428 g/mol. The Kier molecular flexibility index (Phi) is 6.90. The number of piperidine rings is 1. The van der Waals surface area contributed by atoms with Crippen LogP contribution in [0.4, 0.5) is 5.69 Å². The Morgan fingerprint density at radius 2 is 1.80 bits per heavy atom. The fourth-order valence-electron chi connectivity index (χ4n) is 3.43. The van der Waals surface area contributed by atoms with Gasteiger partial charge in [0.25, 0.3) is 0 Å². The topological polar surface area (TPSA) is 84.9 Å². The van der Waals surface area contributed by atoms with E-state index < -0.39 is 15.9 Å². The Bertz CT molecular complexity index is 1020. The summed E-state index contributed by atoms with van der Waals surface area (Å²) in [4.78, 5) is 13.1. The molecule has 0 bridgehead atoms. The molecule has 3 rings (SSSR count). The van der Waals surface area contributed by atoms with E-state index in [9.17, 15) is 13.2 Å². The number of benzene rings is 2. The summed E-state index contributed by atoms with van der Waals surface area (Å²) < 4.78 is 37.8. The summed E-state index contributed by atoms with van der Waals surface area (Å²) in [5.74, 6) is 0.0759. The number of anilines is 1. The molecule has 0 spiro atoms. The molecule has 1 heterocycles. The number of hydrogen-bond donors (Lipinski definition) is 1. The van der Waals surface area contributed by atoms with Crippen LogP contribution in [0.3, 0.4) is 0 Å². The molecule has 2 aromatic rings. The van der Waals surface area contributed by atoms with Crippen molar-refractivity contribution in [3.63, 3.8) is 0 Å². The summed E-state index contributed by atoms with van der Waals surface area (Å²) in [7, 11) is -0.685. The molecule has 0 aliphatic carbocycles. The van der Waals surface area contributed by atoms with Gasteiger partial charge in [0.15, 0.2) is 0 Å². The maximum atomic E-state index is 13.0. The highest BCUT2D eigenvalue weighted by molar-refractivity contribution is 7.89. The van der Waals surface area contributed by atoms with Crippen molar-refractivity contribution in [2.75, 3.05) is 32.6 Å². The van der Waals surface area contributed by atoms with Gasteiger partial charge in [-0.15, -0.1) is 0 Å². The zero-order chi connectivity index (χ0) is 21.9. The van der Waals surface area contributed by atoms with Crippen molar-refractivity contribution >= 4 is 33.2 Å². The predicted octanol–water partition coefficient (Wildman–Crippen LogP) is 3.71. The van der Waals surface area contributed by atoms with Crippen LogP contribution in [0.1, 0.15) is 18.4 Å². The van der Waals surface area contributed by atoms with Crippen molar-refractivity contribution < 1.29 is 22.7 Å². The third-order valence-electron chi connectivity index (χ3n) is 5.15. The second-order valence-electron chi connectivity index (χ2n) is 7.19. The molecule has 2 aromatic carbocycles. The number of carbonyl (C=O) groups is 1. The second-order valence-corrected chi connectivity index (χ2v) is 9.54. The van der Waals surface area contributed by atoms with Crippen molar-refractivity contribution in [3.05, 3.63) is 47.0 Å². The molecule has 1 aliphatic heterocycles. The van der Waals surface area contributed by atoms with Gasteiger partial charge in [0, 0.05) is 19.2 Å². The number of carbonyl (C=O) groups excluding carboxylic acids is 1. The molecular formula is C21H25ClN2O5S. The first kappa shape index (κ1) is 22.4. The minimum atomic E-state index is -3.66. The molecule has 1 fully saturated rings. The molecule has 1 unspecified atom stereocenters. The normalized spacial score (nSPS) is 17.4. The third kappa shape index (κ3) is 4.71. The van der Waals surface area contributed by atoms with Crippen LogP contribution in [0.2, 0.25) is 5.02 Å². The number of hydrogen-bond acceptors (Lipinski definition) is 5. The molecule has 0 aromatic heterocycles. The van der Waals surface area contributed by atoms with Crippen molar-refractivity contribution in [2.24, 2.45) is 5.92 Å². The second kappa shape index (κ2) is 9.24. The number of nitrogens with one attached hydrogen (secondary N) is 1. The fraction of sp³-hybridized carbons (Fsp3) is 0.381. The summed E-state index contributed by atoms with van der Waals surface area (Å²) in [6, 6.07) is 9.87. The van der Waals surface area contributed by atoms with Gasteiger partial charge in [-0.2, -0.15) is 4.31 Å². The summed E-state index contributed by atoms with van der Waals surface area (Å²) in [6.07, 6.45) is 1.20. The maximum Gasteiger partial charge on any atom is 0.243 e. The molecule has 7 nitrogen and oxygen atoms in total. The molecule has 1 N–H and O–H groups in total. The number of ether oxygens (including phenoxy) is 2. The van der Waals surface area contributed by atoms with Gasteiger partial charge in [0.1, 0.15) is 11.5 Å².